The molecule has 3 nitrogen and oxygen atoms in total. The molecule has 21 heavy (non-hydrogen) atoms. The van der Waals surface area contributed by atoms with Gasteiger partial charge in [-0.1, -0.05) is 12.1 Å². The summed E-state index contributed by atoms with van der Waals surface area (Å²) in [4.78, 5) is 0. The first-order valence-electron chi connectivity index (χ1n) is 7.44. The van der Waals surface area contributed by atoms with Crippen molar-refractivity contribution in [3.63, 3.8) is 0 Å². The van der Waals surface area contributed by atoms with Gasteiger partial charge in [0.1, 0.15) is 5.82 Å². The number of hydrogen-bond acceptors (Lipinski definition) is 3. The zero-order valence-electron chi connectivity index (χ0n) is 13.3. The summed E-state index contributed by atoms with van der Waals surface area (Å²) in [6.07, 6.45) is 0.919. The van der Waals surface area contributed by atoms with Crippen LogP contribution in [0.1, 0.15) is 46.6 Å². The second-order valence-corrected chi connectivity index (χ2v) is 7.15. The van der Waals surface area contributed by atoms with E-state index in [0.29, 0.717) is 5.46 Å². The molecular formula is C16H22BFO3. The predicted octanol–water partition coefficient (Wildman–Crippen LogP) is 2.76. The van der Waals surface area contributed by atoms with E-state index in [2.05, 4.69) is 0 Å². The van der Waals surface area contributed by atoms with Crippen LogP contribution in [-0.4, -0.2) is 24.9 Å². The molecule has 0 N–H and O–H groups in total. The molecule has 0 saturated carbocycles. The molecule has 1 unspecified atom stereocenters. The highest BCUT2D eigenvalue weighted by molar-refractivity contribution is 6.62. The van der Waals surface area contributed by atoms with Crippen molar-refractivity contribution in [2.75, 3.05) is 6.61 Å². The van der Waals surface area contributed by atoms with Crippen LogP contribution in [0.5, 0.6) is 0 Å². The zero-order chi connectivity index (χ0) is 15.5. The lowest BCUT2D eigenvalue weighted by Crippen LogP contribution is -2.41. The first-order chi connectivity index (χ1) is 9.65. The number of halogens is 1. The molecule has 1 aromatic carbocycles. The van der Waals surface area contributed by atoms with Gasteiger partial charge < -0.3 is 14.0 Å². The van der Waals surface area contributed by atoms with Crippen LogP contribution in [0.15, 0.2) is 18.2 Å². The summed E-state index contributed by atoms with van der Waals surface area (Å²) in [7, 11) is -0.667. The number of benzene rings is 1. The quantitative estimate of drug-likeness (QED) is 0.784. The summed E-state index contributed by atoms with van der Waals surface area (Å²) in [5.74, 6) is -0.303. The molecule has 2 aliphatic heterocycles. The van der Waals surface area contributed by atoms with Gasteiger partial charge in [-0.25, -0.2) is 4.39 Å². The third-order valence-corrected chi connectivity index (χ3v) is 5.12. The van der Waals surface area contributed by atoms with E-state index in [0.717, 1.165) is 18.6 Å². The molecule has 2 fully saturated rings. The molecule has 114 valence electrons. The van der Waals surface area contributed by atoms with E-state index in [9.17, 15) is 4.39 Å². The maximum Gasteiger partial charge on any atom is 0.497 e. The average molecular weight is 292 g/mol. The van der Waals surface area contributed by atoms with Crippen molar-refractivity contribution in [1.29, 1.82) is 0 Å². The first-order valence-corrected chi connectivity index (χ1v) is 7.44. The van der Waals surface area contributed by atoms with Crippen LogP contribution in [0.4, 0.5) is 4.39 Å². The van der Waals surface area contributed by atoms with Crippen LogP contribution in [-0.2, 0) is 19.6 Å². The van der Waals surface area contributed by atoms with E-state index >= 15 is 0 Å². The second kappa shape index (κ2) is 4.54. The Hall–Kier alpha value is -0.905. The van der Waals surface area contributed by atoms with Crippen molar-refractivity contribution in [1.82, 2.24) is 0 Å². The fourth-order valence-corrected chi connectivity index (χ4v) is 2.65. The highest BCUT2D eigenvalue weighted by Gasteiger charge is 2.52. The van der Waals surface area contributed by atoms with Crippen LogP contribution < -0.4 is 5.46 Å². The Kier molecular flexibility index (Phi) is 3.25. The summed E-state index contributed by atoms with van der Waals surface area (Å²) in [6.45, 7) is 10.6. The van der Waals surface area contributed by atoms with Gasteiger partial charge in [-0.2, -0.15) is 0 Å². The van der Waals surface area contributed by atoms with Crippen LogP contribution in [0.25, 0.3) is 0 Å². The molecule has 0 aromatic heterocycles. The van der Waals surface area contributed by atoms with E-state index in [-0.39, 0.29) is 11.4 Å². The Bertz CT molecular complexity index is 551. The van der Waals surface area contributed by atoms with Crippen LogP contribution >= 0.6 is 0 Å². The van der Waals surface area contributed by atoms with Crippen molar-refractivity contribution in [3.05, 3.63) is 29.6 Å². The third-order valence-electron chi connectivity index (χ3n) is 5.12. The lowest BCUT2D eigenvalue weighted by Gasteiger charge is -2.39. The molecule has 0 radical (unpaired) electrons. The molecule has 1 atom stereocenters. The molecular weight excluding hydrogens is 270 g/mol. The van der Waals surface area contributed by atoms with Crippen LogP contribution in [0.2, 0.25) is 0 Å². The Labute approximate surface area is 125 Å². The molecule has 5 heteroatoms. The Balaban J connectivity index is 1.88. The number of ether oxygens (including phenoxy) is 1. The molecule has 0 bridgehead atoms. The summed E-state index contributed by atoms with van der Waals surface area (Å²) in [5.41, 5.74) is 0.0272. The van der Waals surface area contributed by atoms with Gasteiger partial charge in [0.15, 0.2) is 0 Å². The molecule has 0 amide bonds. The van der Waals surface area contributed by atoms with Gasteiger partial charge in [0, 0.05) is 11.9 Å². The minimum atomic E-state index is -0.667. The predicted molar refractivity (Wildman–Crippen MR) is 80.0 cm³/mol. The van der Waals surface area contributed by atoms with Crippen molar-refractivity contribution in [2.45, 2.75) is 57.8 Å². The van der Waals surface area contributed by atoms with Gasteiger partial charge in [0.05, 0.1) is 23.4 Å². The van der Waals surface area contributed by atoms with Crippen molar-refractivity contribution in [3.8, 4) is 0 Å². The van der Waals surface area contributed by atoms with E-state index in [1.54, 1.807) is 12.1 Å². The molecule has 2 saturated heterocycles. The summed E-state index contributed by atoms with van der Waals surface area (Å²) >= 11 is 0. The Morgan fingerprint density at radius 1 is 1.05 bits per heavy atom. The number of rotatable bonds is 2. The maximum atomic E-state index is 14.5. The van der Waals surface area contributed by atoms with Gasteiger partial charge >= 0.3 is 7.12 Å². The highest BCUT2D eigenvalue weighted by Crippen LogP contribution is 2.38. The van der Waals surface area contributed by atoms with E-state index in [1.807, 2.05) is 40.7 Å². The van der Waals surface area contributed by atoms with Crippen molar-refractivity contribution >= 4 is 12.6 Å². The summed E-state index contributed by atoms with van der Waals surface area (Å²) in [6, 6.07) is 5.20. The second-order valence-electron chi connectivity index (χ2n) is 7.15. The molecule has 3 rings (SSSR count). The SMILES string of the molecule is CC1(c2ccc(B3OC(C)(C)C(C)(C)O3)c(F)c2)CCO1. The molecule has 0 aliphatic carbocycles. The Morgan fingerprint density at radius 3 is 2.05 bits per heavy atom. The first kappa shape index (κ1) is 15.0. The lowest BCUT2D eigenvalue weighted by molar-refractivity contribution is -0.140. The van der Waals surface area contributed by atoms with Gasteiger partial charge in [-0.05, 0) is 46.2 Å². The van der Waals surface area contributed by atoms with Crippen molar-refractivity contribution in [2.24, 2.45) is 0 Å². The molecule has 2 aliphatic rings. The van der Waals surface area contributed by atoms with Crippen LogP contribution in [0, 0.1) is 5.82 Å². The average Bonchev–Trinajstić information content (AvgIpc) is 2.55. The monoisotopic (exact) mass is 292 g/mol. The van der Waals surface area contributed by atoms with Crippen molar-refractivity contribution < 1.29 is 18.4 Å². The Morgan fingerprint density at radius 2 is 1.62 bits per heavy atom. The normalized spacial score (nSPS) is 30.3. The highest BCUT2D eigenvalue weighted by atomic mass is 19.1. The van der Waals surface area contributed by atoms with E-state index < -0.39 is 18.3 Å². The number of hydrogen-bond donors (Lipinski definition) is 0. The van der Waals surface area contributed by atoms with Gasteiger partial charge in [-0.15, -0.1) is 0 Å². The molecule has 2 heterocycles. The van der Waals surface area contributed by atoms with E-state index in [1.165, 1.54) is 0 Å². The minimum absolute atomic E-state index is 0.303. The topological polar surface area (TPSA) is 27.7 Å². The fourth-order valence-electron chi connectivity index (χ4n) is 2.65. The smallest absolute Gasteiger partial charge is 0.399 e. The maximum absolute atomic E-state index is 14.5. The standard InChI is InChI=1S/C16H22BFO3/c1-14(2)15(3,4)21-17(20-14)12-7-6-11(10-13(12)18)16(5)8-9-19-16/h6-7,10H,8-9H2,1-5H3. The largest absolute Gasteiger partial charge is 0.497 e. The van der Waals surface area contributed by atoms with E-state index in [4.69, 9.17) is 14.0 Å². The molecule has 0 spiro atoms. The minimum Gasteiger partial charge on any atom is -0.399 e. The van der Waals surface area contributed by atoms with Gasteiger partial charge in [0.2, 0.25) is 0 Å². The third kappa shape index (κ3) is 2.32. The zero-order valence-corrected chi connectivity index (χ0v) is 13.3. The molecule has 1 aromatic rings. The summed E-state index contributed by atoms with van der Waals surface area (Å²) in [5, 5.41) is 0. The van der Waals surface area contributed by atoms with Gasteiger partial charge in [0.25, 0.3) is 0 Å². The van der Waals surface area contributed by atoms with Gasteiger partial charge in [-0.3, -0.25) is 0 Å². The lowest BCUT2D eigenvalue weighted by atomic mass is 9.77. The fraction of sp³-hybridized carbons (Fsp3) is 0.625. The van der Waals surface area contributed by atoms with Crippen LogP contribution in [0.3, 0.4) is 0 Å². The summed E-state index contributed by atoms with van der Waals surface area (Å²) < 4.78 is 31.8.